The lowest BCUT2D eigenvalue weighted by Crippen LogP contribution is -2.22. The molecule has 0 aliphatic heterocycles. The number of ether oxygens (including phenoxy) is 1. The molecule has 2 heterocycles. The molecule has 33 heavy (non-hydrogen) atoms. The Morgan fingerprint density at radius 1 is 0.939 bits per heavy atom. The number of benzene rings is 2. The summed E-state index contributed by atoms with van der Waals surface area (Å²) in [7, 11) is 0. The number of nitrogens with one attached hydrogen (secondary N) is 1. The van der Waals surface area contributed by atoms with Crippen molar-refractivity contribution < 1.29 is 22.7 Å². The molecule has 0 bridgehead atoms. The first-order chi connectivity index (χ1) is 15.9. The fraction of sp³-hybridized carbons (Fsp3) is 0.0833. The second-order valence-corrected chi connectivity index (χ2v) is 6.96. The molecule has 0 fully saturated rings. The number of alkyl halides is 3. The van der Waals surface area contributed by atoms with Crippen LogP contribution in [-0.4, -0.2) is 20.9 Å². The average Bonchev–Trinajstić information content (AvgIpc) is 2.83. The van der Waals surface area contributed by atoms with Gasteiger partial charge in [0.2, 0.25) is 5.88 Å². The van der Waals surface area contributed by atoms with Crippen LogP contribution in [-0.2, 0) is 12.7 Å². The molecule has 0 saturated heterocycles. The van der Waals surface area contributed by atoms with Crippen molar-refractivity contribution in [3.63, 3.8) is 0 Å². The normalized spacial score (nSPS) is 11.1. The fourth-order valence-electron chi connectivity index (χ4n) is 3.03. The van der Waals surface area contributed by atoms with Crippen LogP contribution in [0.2, 0.25) is 0 Å². The van der Waals surface area contributed by atoms with Crippen LogP contribution in [0, 0.1) is 0 Å². The van der Waals surface area contributed by atoms with Crippen LogP contribution in [0.15, 0.2) is 85.5 Å². The molecule has 4 aromatic rings. The van der Waals surface area contributed by atoms with Crippen molar-refractivity contribution in [2.24, 2.45) is 0 Å². The summed E-state index contributed by atoms with van der Waals surface area (Å²) < 4.78 is 43.9. The average molecular weight is 450 g/mol. The van der Waals surface area contributed by atoms with Crippen molar-refractivity contribution in [2.75, 3.05) is 0 Å². The molecule has 2 aromatic carbocycles. The monoisotopic (exact) mass is 450 g/mol. The quantitative estimate of drug-likeness (QED) is 0.433. The summed E-state index contributed by atoms with van der Waals surface area (Å²) >= 11 is 0. The Morgan fingerprint density at radius 3 is 2.48 bits per heavy atom. The molecule has 0 aliphatic rings. The van der Waals surface area contributed by atoms with E-state index >= 15 is 0 Å². The van der Waals surface area contributed by atoms with Crippen LogP contribution in [0.1, 0.15) is 21.5 Å². The van der Waals surface area contributed by atoms with Crippen LogP contribution < -0.4 is 10.1 Å². The predicted molar refractivity (Wildman–Crippen MR) is 114 cm³/mol. The zero-order valence-electron chi connectivity index (χ0n) is 17.1. The third kappa shape index (κ3) is 5.51. The van der Waals surface area contributed by atoms with Crippen LogP contribution in [0.4, 0.5) is 13.2 Å². The standard InChI is InChI=1S/C24H17F3N4O2/c25-24(26,27)18-8-6-16(7-9-18)14-30-22(32)17-3-1-4-19(13-17)33-23-20(5-2-11-29-23)21-10-12-28-15-31-21/h1-13,15H,14H2,(H,30,32). The Morgan fingerprint density at radius 2 is 1.76 bits per heavy atom. The Bertz CT molecular complexity index is 1250. The number of nitrogens with zero attached hydrogens (tertiary/aromatic N) is 3. The molecular formula is C24H17F3N4O2. The van der Waals surface area contributed by atoms with Crippen molar-refractivity contribution in [3.8, 4) is 22.9 Å². The van der Waals surface area contributed by atoms with Gasteiger partial charge in [0.25, 0.3) is 5.91 Å². The van der Waals surface area contributed by atoms with Crippen LogP contribution in [0.3, 0.4) is 0 Å². The van der Waals surface area contributed by atoms with E-state index in [1.54, 1.807) is 48.8 Å². The molecular weight excluding hydrogens is 433 g/mol. The molecule has 9 heteroatoms. The molecule has 1 amide bonds. The lowest BCUT2D eigenvalue weighted by Gasteiger charge is -2.11. The number of rotatable bonds is 6. The maximum Gasteiger partial charge on any atom is 0.416 e. The largest absolute Gasteiger partial charge is 0.438 e. The van der Waals surface area contributed by atoms with E-state index in [1.807, 2.05) is 6.07 Å². The smallest absolute Gasteiger partial charge is 0.416 e. The van der Waals surface area contributed by atoms with Gasteiger partial charge >= 0.3 is 6.18 Å². The molecule has 0 spiro atoms. The fourth-order valence-corrected chi connectivity index (χ4v) is 3.03. The van der Waals surface area contributed by atoms with Gasteiger partial charge in [0, 0.05) is 24.5 Å². The first-order valence-corrected chi connectivity index (χ1v) is 9.84. The van der Waals surface area contributed by atoms with Crippen molar-refractivity contribution in [3.05, 3.63) is 102 Å². The Labute approximate surface area is 187 Å². The summed E-state index contributed by atoms with van der Waals surface area (Å²) in [4.78, 5) is 24.9. The lowest BCUT2D eigenvalue weighted by molar-refractivity contribution is -0.137. The number of aromatic nitrogens is 3. The summed E-state index contributed by atoms with van der Waals surface area (Å²) in [6, 6.07) is 16.4. The van der Waals surface area contributed by atoms with Crippen molar-refractivity contribution in [2.45, 2.75) is 12.7 Å². The van der Waals surface area contributed by atoms with Gasteiger partial charge < -0.3 is 10.1 Å². The van der Waals surface area contributed by atoms with Crippen molar-refractivity contribution >= 4 is 5.91 Å². The molecule has 2 aromatic heterocycles. The predicted octanol–water partition coefficient (Wildman–Crippen LogP) is 5.28. The first kappa shape index (κ1) is 21.9. The minimum absolute atomic E-state index is 0.0835. The minimum Gasteiger partial charge on any atom is -0.438 e. The van der Waals surface area contributed by atoms with E-state index in [0.29, 0.717) is 34.0 Å². The van der Waals surface area contributed by atoms with Gasteiger partial charge in [-0.1, -0.05) is 18.2 Å². The number of carbonyl (C=O) groups excluding carboxylic acids is 1. The summed E-state index contributed by atoms with van der Waals surface area (Å²) in [6.07, 6.45) is 0.221. The molecule has 0 radical (unpaired) electrons. The molecule has 0 unspecified atom stereocenters. The van der Waals surface area contributed by atoms with Gasteiger partial charge in [-0.25, -0.2) is 15.0 Å². The van der Waals surface area contributed by atoms with Gasteiger partial charge in [-0.3, -0.25) is 4.79 Å². The summed E-state index contributed by atoms with van der Waals surface area (Å²) in [5, 5.41) is 2.69. The summed E-state index contributed by atoms with van der Waals surface area (Å²) in [5.41, 5.74) is 1.44. The molecule has 166 valence electrons. The Balaban J connectivity index is 1.45. The Hall–Kier alpha value is -4.27. The molecule has 0 aliphatic carbocycles. The van der Waals surface area contributed by atoms with Gasteiger partial charge in [0.05, 0.1) is 16.8 Å². The number of halogens is 3. The SMILES string of the molecule is O=C(NCc1ccc(C(F)(F)F)cc1)c1cccc(Oc2ncccc2-c2ccncn2)c1. The van der Waals surface area contributed by atoms with E-state index in [9.17, 15) is 18.0 Å². The zero-order valence-corrected chi connectivity index (χ0v) is 17.1. The van der Waals surface area contributed by atoms with Crippen LogP contribution in [0.25, 0.3) is 11.3 Å². The van der Waals surface area contributed by atoms with E-state index < -0.39 is 17.6 Å². The third-order valence-electron chi connectivity index (χ3n) is 4.67. The lowest BCUT2D eigenvalue weighted by atomic mass is 10.1. The van der Waals surface area contributed by atoms with Crippen molar-refractivity contribution in [1.29, 1.82) is 0 Å². The van der Waals surface area contributed by atoms with Gasteiger partial charge in [-0.15, -0.1) is 0 Å². The zero-order chi connectivity index (χ0) is 23.3. The maximum absolute atomic E-state index is 12.7. The summed E-state index contributed by atoms with van der Waals surface area (Å²) in [5.74, 6) is 0.321. The minimum atomic E-state index is -4.40. The summed E-state index contributed by atoms with van der Waals surface area (Å²) in [6.45, 7) is 0.0835. The molecule has 6 nitrogen and oxygen atoms in total. The molecule has 4 rings (SSSR count). The maximum atomic E-state index is 12.7. The topological polar surface area (TPSA) is 77.0 Å². The second kappa shape index (κ2) is 9.47. The third-order valence-corrected chi connectivity index (χ3v) is 4.67. The molecule has 1 N–H and O–H groups in total. The van der Waals surface area contributed by atoms with Crippen molar-refractivity contribution in [1.82, 2.24) is 20.3 Å². The number of hydrogen-bond donors (Lipinski definition) is 1. The van der Waals surface area contributed by atoms with E-state index in [1.165, 1.54) is 18.5 Å². The molecule has 0 atom stereocenters. The van der Waals surface area contributed by atoms with E-state index in [0.717, 1.165) is 12.1 Å². The van der Waals surface area contributed by atoms with Gasteiger partial charge in [-0.2, -0.15) is 13.2 Å². The highest BCUT2D eigenvalue weighted by molar-refractivity contribution is 5.94. The molecule has 0 saturated carbocycles. The van der Waals surface area contributed by atoms with Crippen LogP contribution >= 0.6 is 0 Å². The van der Waals surface area contributed by atoms with Gasteiger partial charge in [0.1, 0.15) is 12.1 Å². The Kier molecular flexibility index (Phi) is 6.30. The van der Waals surface area contributed by atoms with Gasteiger partial charge in [-0.05, 0) is 54.1 Å². The van der Waals surface area contributed by atoms with Crippen LogP contribution in [0.5, 0.6) is 11.6 Å². The highest BCUT2D eigenvalue weighted by Gasteiger charge is 2.29. The number of amides is 1. The first-order valence-electron chi connectivity index (χ1n) is 9.84. The van der Waals surface area contributed by atoms with Gasteiger partial charge in [0.15, 0.2) is 0 Å². The highest BCUT2D eigenvalue weighted by Crippen LogP contribution is 2.30. The van der Waals surface area contributed by atoms with E-state index in [4.69, 9.17) is 4.74 Å². The second-order valence-electron chi connectivity index (χ2n) is 6.96. The number of hydrogen-bond acceptors (Lipinski definition) is 5. The number of pyridine rings is 1. The van der Waals surface area contributed by atoms with E-state index in [2.05, 4.69) is 20.3 Å². The number of carbonyl (C=O) groups is 1. The van der Waals surface area contributed by atoms with E-state index in [-0.39, 0.29) is 6.54 Å². The highest BCUT2D eigenvalue weighted by atomic mass is 19.4.